The minimum absolute atomic E-state index is 0.0232. The Morgan fingerprint density at radius 3 is 1.24 bits per heavy atom. The molecule has 0 saturated heterocycles. The van der Waals surface area contributed by atoms with E-state index >= 15 is 0 Å². The van der Waals surface area contributed by atoms with Gasteiger partial charge in [0.05, 0.1) is 0 Å². The first kappa shape index (κ1) is 33.8. The van der Waals surface area contributed by atoms with Crippen LogP contribution in [0.25, 0.3) is 0 Å². The maximum absolute atomic E-state index is 14.1. The number of amides is 4. The summed E-state index contributed by atoms with van der Waals surface area (Å²) < 4.78 is 13.3. The number of carbonyl (C=O) groups is 6. The average Bonchev–Trinajstić information content (AvgIpc) is 3.55. The molecule has 2 unspecified atom stereocenters. The SMILES string of the molecule is CCC[CH2][Sn]([CH2]CCC)([O]C(=O)C(Cc1ccccc1)N1C(=O)C=CC1=O)[O]C(=O)C(Cc1ccccc1)N1C(=O)C=CC1=O. The van der Waals surface area contributed by atoms with Crippen LogP contribution in [-0.2, 0) is 47.8 Å². The van der Waals surface area contributed by atoms with E-state index in [2.05, 4.69) is 0 Å². The summed E-state index contributed by atoms with van der Waals surface area (Å²) in [7, 11) is 0. The monoisotopic (exact) mass is 722 g/mol. The van der Waals surface area contributed by atoms with E-state index in [0.29, 0.717) is 32.8 Å². The second-order valence-electron chi connectivity index (χ2n) is 11.1. The number of hydrogen-bond donors (Lipinski definition) is 0. The van der Waals surface area contributed by atoms with Crippen molar-refractivity contribution in [2.75, 3.05) is 0 Å². The van der Waals surface area contributed by atoms with Crippen LogP contribution in [0.2, 0.25) is 8.87 Å². The Hall–Kier alpha value is -4.06. The molecule has 4 amide bonds. The zero-order valence-corrected chi connectivity index (χ0v) is 28.4. The Morgan fingerprint density at radius 1 is 0.600 bits per heavy atom. The van der Waals surface area contributed by atoms with E-state index in [4.69, 9.17) is 6.15 Å². The van der Waals surface area contributed by atoms with Gasteiger partial charge < -0.3 is 0 Å². The number of unbranched alkanes of at least 4 members (excludes halogenated alkanes) is 2. The molecule has 0 aliphatic carbocycles. The van der Waals surface area contributed by atoms with Crippen LogP contribution in [0.1, 0.15) is 50.7 Å². The third-order valence-corrected chi connectivity index (χ3v) is 17.4. The fourth-order valence-electron chi connectivity index (χ4n) is 5.42. The van der Waals surface area contributed by atoms with Gasteiger partial charge in [0.25, 0.3) is 0 Å². The van der Waals surface area contributed by atoms with Crippen molar-refractivity contribution in [3.63, 3.8) is 0 Å². The van der Waals surface area contributed by atoms with Crippen LogP contribution in [0.5, 0.6) is 0 Å². The molecule has 45 heavy (non-hydrogen) atoms. The summed E-state index contributed by atoms with van der Waals surface area (Å²) in [5.41, 5.74) is 1.43. The molecule has 2 aromatic rings. The van der Waals surface area contributed by atoms with Crippen molar-refractivity contribution in [3.8, 4) is 0 Å². The van der Waals surface area contributed by atoms with Crippen LogP contribution in [0.3, 0.4) is 0 Å². The fraction of sp³-hybridized carbons (Fsp3) is 0.353. The van der Waals surface area contributed by atoms with E-state index in [1.165, 1.54) is 0 Å². The standard InChI is InChI=1S/2C13H11NO4.2C4H9.Sn/c2*15-11-6-7-12(16)14(11)10(13(17)18)8-9-4-2-1-3-5-9;2*1-3-4-2;/h2*1-7,10H,8H2,(H,17,18);2*1,3-4H2,2H3;/q;;;;+2/p-2. The third kappa shape index (κ3) is 8.56. The summed E-state index contributed by atoms with van der Waals surface area (Å²) >= 11 is -4.76. The number of benzene rings is 2. The van der Waals surface area contributed by atoms with Crippen LogP contribution >= 0.6 is 0 Å². The van der Waals surface area contributed by atoms with Gasteiger partial charge in [0.2, 0.25) is 0 Å². The first-order valence-corrected chi connectivity index (χ1v) is 21.7. The summed E-state index contributed by atoms with van der Waals surface area (Å²) in [4.78, 5) is 81.0. The number of rotatable bonds is 16. The van der Waals surface area contributed by atoms with Crippen LogP contribution in [-0.4, -0.2) is 76.7 Å². The summed E-state index contributed by atoms with van der Waals surface area (Å²) in [6.45, 7) is 3.94. The molecule has 236 valence electrons. The van der Waals surface area contributed by atoms with Gasteiger partial charge in [-0.15, -0.1) is 0 Å². The molecule has 0 saturated carbocycles. The van der Waals surface area contributed by atoms with Gasteiger partial charge in [0.1, 0.15) is 0 Å². The number of imide groups is 2. The molecule has 0 bridgehead atoms. The Labute approximate surface area is 268 Å². The van der Waals surface area contributed by atoms with E-state index in [1.807, 2.05) is 26.0 Å². The van der Waals surface area contributed by atoms with Gasteiger partial charge in [-0.25, -0.2) is 0 Å². The zero-order valence-electron chi connectivity index (χ0n) is 25.6. The van der Waals surface area contributed by atoms with Gasteiger partial charge in [0, 0.05) is 0 Å². The van der Waals surface area contributed by atoms with Gasteiger partial charge in [-0.2, -0.15) is 0 Å². The van der Waals surface area contributed by atoms with Gasteiger partial charge in [-0.05, 0) is 0 Å². The molecule has 0 aromatic heterocycles. The topological polar surface area (TPSA) is 127 Å². The molecule has 2 heterocycles. The second kappa shape index (κ2) is 15.8. The van der Waals surface area contributed by atoms with Crippen molar-refractivity contribution in [2.24, 2.45) is 0 Å². The molecule has 0 N–H and O–H groups in total. The van der Waals surface area contributed by atoms with E-state index in [1.54, 1.807) is 48.5 Å². The Kier molecular flexibility index (Phi) is 11.9. The maximum atomic E-state index is 14.1. The summed E-state index contributed by atoms with van der Waals surface area (Å²) in [6, 6.07) is 15.4. The van der Waals surface area contributed by atoms with Gasteiger partial charge in [-0.1, -0.05) is 0 Å². The van der Waals surface area contributed by atoms with Crippen LogP contribution < -0.4 is 0 Å². The van der Waals surface area contributed by atoms with E-state index in [9.17, 15) is 28.8 Å². The summed E-state index contributed by atoms with van der Waals surface area (Å²) in [6.07, 6.45) is 7.20. The van der Waals surface area contributed by atoms with Crippen molar-refractivity contribution in [2.45, 2.75) is 73.3 Å². The molecule has 0 radical (unpaired) electrons. The molecule has 4 rings (SSSR count). The predicted octanol–water partition coefficient (Wildman–Crippen LogP) is 4.19. The van der Waals surface area contributed by atoms with Crippen molar-refractivity contribution in [3.05, 3.63) is 96.1 Å². The van der Waals surface area contributed by atoms with Crippen molar-refractivity contribution in [1.29, 1.82) is 0 Å². The van der Waals surface area contributed by atoms with Crippen LogP contribution in [0.4, 0.5) is 0 Å². The Morgan fingerprint density at radius 2 is 0.933 bits per heavy atom. The molecule has 0 fully saturated rings. The summed E-state index contributed by atoms with van der Waals surface area (Å²) in [5.74, 6) is -4.12. The summed E-state index contributed by atoms with van der Waals surface area (Å²) in [5, 5.41) is 0. The Bertz CT molecular complexity index is 1330. The molecule has 2 aromatic carbocycles. The molecule has 0 spiro atoms. The van der Waals surface area contributed by atoms with Crippen LogP contribution in [0.15, 0.2) is 85.0 Å². The van der Waals surface area contributed by atoms with Crippen molar-refractivity contribution in [1.82, 2.24) is 9.80 Å². The van der Waals surface area contributed by atoms with Crippen LogP contribution in [0, 0.1) is 0 Å². The zero-order chi connectivity index (χ0) is 32.4. The van der Waals surface area contributed by atoms with Crippen molar-refractivity contribution < 1.29 is 34.9 Å². The van der Waals surface area contributed by atoms with Gasteiger partial charge in [0.15, 0.2) is 0 Å². The molecule has 2 atom stereocenters. The van der Waals surface area contributed by atoms with E-state index in [0.717, 1.165) is 46.9 Å². The predicted molar refractivity (Wildman–Crippen MR) is 167 cm³/mol. The number of carbonyl (C=O) groups excluding carboxylic acids is 6. The second-order valence-corrected chi connectivity index (χ2v) is 20.3. The third-order valence-electron chi connectivity index (χ3n) is 7.79. The molecular weight excluding hydrogens is 683 g/mol. The normalized spacial score (nSPS) is 16.0. The molecule has 2 aliphatic rings. The number of hydrogen-bond acceptors (Lipinski definition) is 8. The quantitative estimate of drug-likeness (QED) is 0.187. The molecule has 10 nitrogen and oxygen atoms in total. The van der Waals surface area contributed by atoms with E-state index in [-0.39, 0.29) is 12.8 Å². The minimum atomic E-state index is -4.76. The van der Waals surface area contributed by atoms with Gasteiger partial charge >= 0.3 is 269 Å². The van der Waals surface area contributed by atoms with Gasteiger partial charge in [-0.3, -0.25) is 0 Å². The van der Waals surface area contributed by atoms with E-state index < -0.39 is 66.9 Å². The van der Waals surface area contributed by atoms with Crippen molar-refractivity contribution >= 4 is 54.8 Å². The first-order chi connectivity index (χ1) is 21.7. The molecule has 11 heteroatoms. The number of nitrogens with zero attached hydrogens (tertiary/aromatic N) is 2. The Balaban J connectivity index is 1.69. The molecule has 2 aliphatic heterocycles. The molecular formula is C34H38N2O8Sn. The first-order valence-electron chi connectivity index (χ1n) is 15.3. The average molecular weight is 721 g/mol. The fourth-order valence-corrected chi connectivity index (χ4v) is 15.4.